The molecule has 1 N–H and O–H groups in total. The Morgan fingerprint density at radius 2 is 1.92 bits per heavy atom. The van der Waals surface area contributed by atoms with Crippen molar-refractivity contribution in [2.45, 2.75) is 19.9 Å². The van der Waals surface area contributed by atoms with E-state index in [2.05, 4.69) is 30.4 Å². The van der Waals surface area contributed by atoms with Gasteiger partial charge < -0.3 is 19.4 Å². The monoisotopic (exact) mass is 338 g/mol. The van der Waals surface area contributed by atoms with E-state index < -0.39 is 0 Å². The van der Waals surface area contributed by atoms with Crippen molar-refractivity contribution < 1.29 is 14.3 Å². The van der Waals surface area contributed by atoms with E-state index >= 15 is 0 Å². The molecular formula is C20H22N2O3. The van der Waals surface area contributed by atoms with Gasteiger partial charge in [0, 0.05) is 17.8 Å². The van der Waals surface area contributed by atoms with Crippen LogP contribution in [-0.2, 0) is 17.8 Å². The predicted octanol–water partition coefficient (Wildman–Crippen LogP) is 3.86. The van der Waals surface area contributed by atoms with Gasteiger partial charge in [-0.1, -0.05) is 13.0 Å². The molecule has 1 aromatic heterocycles. The topological polar surface area (TPSA) is 52.5 Å². The van der Waals surface area contributed by atoms with E-state index in [1.165, 1.54) is 5.56 Å². The van der Waals surface area contributed by atoms with E-state index in [0.717, 1.165) is 17.3 Å². The highest BCUT2D eigenvalue weighted by Gasteiger charge is 2.11. The second kappa shape index (κ2) is 7.30. The molecule has 25 heavy (non-hydrogen) atoms. The number of fused-ring (bicyclic) bond motifs is 1. The number of benzene rings is 2. The Balaban J connectivity index is 1.79. The zero-order valence-electron chi connectivity index (χ0n) is 14.7. The first-order valence-electron chi connectivity index (χ1n) is 8.24. The molecule has 5 heteroatoms. The Morgan fingerprint density at radius 3 is 2.64 bits per heavy atom. The number of rotatable bonds is 6. The number of aromatic nitrogens is 1. The number of anilines is 1. The van der Waals surface area contributed by atoms with Crippen molar-refractivity contribution in [1.82, 2.24) is 4.57 Å². The standard InChI is InChI=1S/C20H22N2O3/c1-4-14-5-7-18-15(11-14)9-10-22(18)13-20(23)21-17-12-16(24-2)6-8-19(17)25-3/h5-12H,4,13H2,1-3H3,(H,21,23). The number of carbonyl (C=O) groups excluding carboxylic acids is 1. The van der Waals surface area contributed by atoms with E-state index in [-0.39, 0.29) is 12.5 Å². The lowest BCUT2D eigenvalue weighted by atomic mass is 10.1. The zero-order chi connectivity index (χ0) is 17.8. The summed E-state index contributed by atoms with van der Waals surface area (Å²) in [5.74, 6) is 1.14. The molecule has 0 aliphatic heterocycles. The maximum absolute atomic E-state index is 12.5. The van der Waals surface area contributed by atoms with Crippen molar-refractivity contribution in [3.05, 3.63) is 54.2 Å². The summed E-state index contributed by atoms with van der Waals surface area (Å²) < 4.78 is 12.5. The number of ether oxygens (including phenoxy) is 2. The number of hydrogen-bond acceptors (Lipinski definition) is 3. The first kappa shape index (κ1) is 16.9. The number of carbonyl (C=O) groups is 1. The van der Waals surface area contributed by atoms with Crippen LogP contribution in [0.2, 0.25) is 0 Å². The van der Waals surface area contributed by atoms with Gasteiger partial charge in [-0.2, -0.15) is 0 Å². The van der Waals surface area contributed by atoms with Gasteiger partial charge in [0.05, 0.1) is 19.9 Å². The molecule has 0 atom stereocenters. The fourth-order valence-electron chi connectivity index (χ4n) is 2.86. The maximum atomic E-state index is 12.5. The van der Waals surface area contributed by atoms with Crippen molar-refractivity contribution in [2.24, 2.45) is 0 Å². The summed E-state index contributed by atoms with van der Waals surface area (Å²) in [6.07, 6.45) is 2.93. The molecule has 0 saturated carbocycles. The molecule has 1 amide bonds. The highest BCUT2D eigenvalue weighted by atomic mass is 16.5. The molecule has 0 unspecified atom stereocenters. The Bertz CT molecular complexity index is 899. The van der Waals surface area contributed by atoms with Crippen LogP contribution in [0.1, 0.15) is 12.5 Å². The molecule has 1 heterocycles. The van der Waals surface area contributed by atoms with Gasteiger partial charge in [0.1, 0.15) is 18.0 Å². The number of amides is 1. The molecule has 3 rings (SSSR count). The summed E-state index contributed by atoms with van der Waals surface area (Å²) in [7, 11) is 3.16. The van der Waals surface area contributed by atoms with Gasteiger partial charge in [-0.15, -0.1) is 0 Å². The first-order valence-corrected chi connectivity index (χ1v) is 8.24. The molecule has 0 bridgehead atoms. The molecule has 0 fully saturated rings. The van der Waals surface area contributed by atoms with Gasteiger partial charge >= 0.3 is 0 Å². The van der Waals surface area contributed by atoms with Crippen LogP contribution >= 0.6 is 0 Å². The number of nitrogens with one attached hydrogen (secondary N) is 1. The van der Waals surface area contributed by atoms with Crippen LogP contribution < -0.4 is 14.8 Å². The van der Waals surface area contributed by atoms with Crippen molar-refractivity contribution in [2.75, 3.05) is 19.5 Å². The molecule has 0 saturated heterocycles. The summed E-state index contributed by atoms with van der Waals surface area (Å²) >= 11 is 0. The van der Waals surface area contributed by atoms with Gasteiger partial charge in [0.2, 0.25) is 5.91 Å². The Kier molecular flexibility index (Phi) is 4.93. The molecular weight excluding hydrogens is 316 g/mol. The number of nitrogens with zero attached hydrogens (tertiary/aromatic N) is 1. The molecule has 0 spiro atoms. The van der Waals surface area contributed by atoms with E-state index in [4.69, 9.17) is 9.47 Å². The number of hydrogen-bond donors (Lipinski definition) is 1. The minimum atomic E-state index is -0.122. The normalized spacial score (nSPS) is 10.7. The third-order valence-corrected chi connectivity index (χ3v) is 4.24. The lowest BCUT2D eigenvalue weighted by Crippen LogP contribution is -2.18. The van der Waals surface area contributed by atoms with Crippen LogP contribution in [0.3, 0.4) is 0 Å². The first-order chi connectivity index (χ1) is 12.1. The summed E-state index contributed by atoms with van der Waals surface area (Å²) in [6.45, 7) is 2.36. The molecule has 5 nitrogen and oxygen atoms in total. The molecule has 2 aromatic carbocycles. The lowest BCUT2D eigenvalue weighted by molar-refractivity contribution is -0.116. The van der Waals surface area contributed by atoms with Crippen LogP contribution in [0.25, 0.3) is 10.9 Å². The highest BCUT2D eigenvalue weighted by Crippen LogP contribution is 2.29. The molecule has 0 aliphatic carbocycles. The Labute approximate surface area is 147 Å². The minimum Gasteiger partial charge on any atom is -0.497 e. The summed E-state index contributed by atoms with van der Waals surface area (Å²) in [5.41, 5.74) is 2.93. The fraction of sp³-hybridized carbons (Fsp3) is 0.250. The fourth-order valence-corrected chi connectivity index (χ4v) is 2.86. The summed E-state index contributed by atoms with van der Waals surface area (Å²) in [6, 6.07) is 13.7. The minimum absolute atomic E-state index is 0.122. The smallest absolute Gasteiger partial charge is 0.244 e. The zero-order valence-corrected chi connectivity index (χ0v) is 14.7. The van der Waals surface area contributed by atoms with E-state index in [1.807, 2.05) is 16.8 Å². The molecule has 3 aromatic rings. The quantitative estimate of drug-likeness (QED) is 0.742. The third-order valence-electron chi connectivity index (χ3n) is 4.24. The predicted molar refractivity (Wildman–Crippen MR) is 99.5 cm³/mol. The van der Waals surface area contributed by atoms with Gasteiger partial charge in [0.15, 0.2) is 0 Å². The second-order valence-electron chi connectivity index (χ2n) is 5.80. The highest BCUT2D eigenvalue weighted by molar-refractivity contribution is 5.93. The maximum Gasteiger partial charge on any atom is 0.244 e. The lowest BCUT2D eigenvalue weighted by Gasteiger charge is -2.12. The second-order valence-corrected chi connectivity index (χ2v) is 5.80. The third kappa shape index (κ3) is 3.60. The van der Waals surface area contributed by atoms with Crippen molar-refractivity contribution in [3.63, 3.8) is 0 Å². The van der Waals surface area contributed by atoms with E-state index in [9.17, 15) is 4.79 Å². The summed E-state index contributed by atoms with van der Waals surface area (Å²) in [5, 5.41) is 4.04. The van der Waals surface area contributed by atoms with E-state index in [0.29, 0.717) is 17.2 Å². The molecule has 0 radical (unpaired) electrons. The SMILES string of the molecule is CCc1ccc2c(ccn2CC(=O)Nc2cc(OC)ccc2OC)c1. The van der Waals surface area contributed by atoms with Gasteiger partial charge in [-0.25, -0.2) is 0 Å². The number of aryl methyl sites for hydroxylation is 1. The van der Waals surface area contributed by atoms with Gasteiger partial charge in [0.25, 0.3) is 0 Å². The van der Waals surface area contributed by atoms with Gasteiger partial charge in [-0.3, -0.25) is 4.79 Å². The molecule has 130 valence electrons. The van der Waals surface area contributed by atoms with Crippen LogP contribution in [0.4, 0.5) is 5.69 Å². The average Bonchev–Trinajstić information content (AvgIpc) is 3.03. The van der Waals surface area contributed by atoms with Crippen LogP contribution in [-0.4, -0.2) is 24.7 Å². The average molecular weight is 338 g/mol. The van der Waals surface area contributed by atoms with Crippen LogP contribution in [0, 0.1) is 0 Å². The van der Waals surface area contributed by atoms with Crippen LogP contribution in [0.15, 0.2) is 48.7 Å². The van der Waals surface area contributed by atoms with Gasteiger partial charge in [-0.05, 0) is 47.7 Å². The largest absolute Gasteiger partial charge is 0.497 e. The molecule has 0 aliphatic rings. The summed E-state index contributed by atoms with van der Waals surface area (Å²) in [4.78, 5) is 12.5. The van der Waals surface area contributed by atoms with Crippen molar-refractivity contribution in [1.29, 1.82) is 0 Å². The Morgan fingerprint density at radius 1 is 1.08 bits per heavy atom. The van der Waals surface area contributed by atoms with Crippen LogP contribution in [0.5, 0.6) is 11.5 Å². The number of methoxy groups -OCH3 is 2. The van der Waals surface area contributed by atoms with Crippen molar-refractivity contribution in [3.8, 4) is 11.5 Å². The Hall–Kier alpha value is -2.95. The van der Waals surface area contributed by atoms with E-state index in [1.54, 1.807) is 32.4 Å². The van der Waals surface area contributed by atoms with Crippen molar-refractivity contribution >= 4 is 22.5 Å².